The van der Waals surface area contributed by atoms with Crippen LogP contribution in [0.4, 0.5) is 0 Å². The molecule has 1 N–H and O–H groups in total. The van der Waals surface area contributed by atoms with Gasteiger partial charge in [-0.2, -0.15) is 0 Å². The molecule has 1 aliphatic rings. The lowest BCUT2D eigenvalue weighted by Crippen LogP contribution is -2.36. The van der Waals surface area contributed by atoms with E-state index in [1.54, 1.807) is 6.92 Å². The molecule has 0 saturated heterocycles. The van der Waals surface area contributed by atoms with E-state index >= 15 is 0 Å². The highest BCUT2D eigenvalue weighted by Crippen LogP contribution is 2.21. The third kappa shape index (κ3) is 5.13. The minimum atomic E-state index is -0.765. The molecule has 122 valence electrons. The molecule has 0 unspecified atom stereocenters. The average Bonchev–Trinajstić information content (AvgIpc) is 2.48. The van der Waals surface area contributed by atoms with Gasteiger partial charge in [-0.1, -0.05) is 31.4 Å². The summed E-state index contributed by atoms with van der Waals surface area (Å²) in [7, 11) is 0. The zero-order chi connectivity index (χ0) is 16.0. The lowest BCUT2D eigenvalue weighted by atomic mass is 9.95. The van der Waals surface area contributed by atoms with Crippen LogP contribution in [0.25, 0.3) is 0 Å². The molecule has 1 saturated carbocycles. The van der Waals surface area contributed by atoms with E-state index in [1.807, 2.05) is 32.0 Å². The molecular weight excluding hydrogens is 274 g/mol. The molecule has 0 spiro atoms. The SMILES string of the molecule is CC(=O)C(C)(C)Oc1cccc(CCNC2CCCCC2)c1. The molecule has 1 aromatic carbocycles. The summed E-state index contributed by atoms with van der Waals surface area (Å²) in [5.41, 5.74) is 0.485. The van der Waals surface area contributed by atoms with E-state index in [1.165, 1.54) is 37.7 Å². The molecule has 1 fully saturated rings. The second-order valence-corrected chi connectivity index (χ2v) is 6.86. The van der Waals surface area contributed by atoms with Gasteiger partial charge >= 0.3 is 0 Å². The van der Waals surface area contributed by atoms with E-state index in [4.69, 9.17) is 4.74 Å². The van der Waals surface area contributed by atoms with Crippen LogP contribution in [0.15, 0.2) is 24.3 Å². The van der Waals surface area contributed by atoms with Gasteiger partial charge < -0.3 is 10.1 Å². The number of carbonyl (C=O) groups excluding carboxylic acids is 1. The summed E-state index contributed by atoms with van der Waals surface area (Å²) in [4.78, 5) is 11.6. The molecule has 3 heteroatoms. The maximum absolute atomic E-state index is 11.6. The van der Waals surface area contributed by atoms with Crippen molar-refractivity contribution >= 4 is 5.78 Å². The Hall–Kier alpha value is -1.35. The summed E-state index contributed by atoms with van der Waals surface area (Å²) < 4.78 is 5.83. The van der Waals surface area contributed by atoms with Gasteiger partial charge in [0.05, 0.1) is 0 Å². The molecule has 0 aliphatic heterocycles. The van der Waals surface area contributed by atoms with E-state index in [0.717, 1.165) is 18.7 Å². The summed E-state index contributed by atoms with van der Waals surface area (Å²) in [5, 5.41) is 3.66. The van der Waals surface area contributed by atoms with Crippen molar-refractivity contribution in [2.75, 3.05) is 6.54 Å². The van der Waals surface area contributed by atoms with Gasteiger partial charge in [0.1, 0.15) is 5.75 Å². The largest absolute Gasteiger partial charge is 0.480 e. The van der Waals surface area contributed by atoms with Crippen molar-refractivity contribution in [2.24, 2.45) is 0 Å². The van der Waals surface area contributed by atoms with Gasteiger partial charge in [-0.3, -0.25) is 4.79 Å². The first-order chi connectivity index (χ1) is 10.5. The molecular formula is C19H29NO2. The second-order valence-electron chi connectivity index (χ2n) is 6.86. The summed E-state index contributed by atoms with van der Waals surface area (Å²) in [6.45, 7) is 6.20. The maximum Gasteiger partial charge on any atom is 0.172 e. The molecule has 0 radical (unpaired) electrons. The van der Waals surface area contributed by atoms with Gasteiger partial charge in [-0.15, -0.1) is 0 Å². The van der Waals surface area contributed by atoms with Crippen molar-refractivity contribution in [3.63, 3.8) is 0 Å². The Bertz CT molecular complexity index is 490. The predicted octanol–water partition coefficient (Wildman–Crippen LogP) is 3.90. The smallest absolute Gasteiger partial charge is 0.172 e. The van der Waals surface area contributed by atoms with E-state index in [0.29, 0.717) is 6.04 Å². The van der Waals surface area contributed by atoms with E-state index in [-0.39, 0.29) is 5.78 Å². The number of hydrogen-bond donors (Lipinski definition) is 1. The van der Waals surface area contributed by atoms with Crippen LogP contribution >= 0.6 is 0 Å². The number of benzene rings is 1. The van der Waals surface area contributed by atoms with Crippen molar-refractivity contribution in [3.8, 4) is 5.75 Å². The molecule has 1 aliphatic carbocycles. The van der Waals surface area contributed by atoms with Gasteiger partial charge in [-0.25, -0.2) is 0 Å². The normalized spacial score (nSPS) is 16.5. The third-order valence-corrected chi connectivity index (χ3v) is 4.57. The van der Waals surface area contributed by atoms with Crippen LogP contribution < -0.4 is 10.1 Å². The van der Waals surface area contributed by atoms with E-state index in [2.05, 4.69) is 11.4 Å². The molecule has 0 aromatic heterocycles. The molecule has 3 nitrogen and oxygen atoms in total. The molecule has 0 atom stereocenters. The number of Topliss-reactive ketones (excluding diaryl/α,β-unsaturated/α-hetero) is 1. The minimum absolute atomic E-state index is 0.0388. The standard InChI is InChI=1S/C19H29NO2/c1-15(21)19(2,3)22-18-11-7-8-16(14-18)12-13-20-17-9-5-4-6-10-17/h7-8,11,14,17,20H,4-6,9-10,12-13H2,1-3H3. The zero-order valence-corrected chi connectivity index (χ0v) is 14.2. The average molecular weight is 303 g/mol. The molecule has 2 rings (SSSR count). The first-order valence-electron chi connectivity index (χ1n) is 8.50. The summed E-state index contributed by atoms with van der Waals surface area (Å²) >= 11 is 0. The van der Waals surface area contributed by atoms with Crippen LogP contribution in [0.1, 0.15) is 58.4 Å². The second kappa shape index (κ2) is 7.77. The quantitative estimate of drug-likeness (QED) is 0.830. The van der Waals surface area contributed by atoms with E-state index in [9.17, 15) is 4.79 Å². The monoisotopic (exact) mass is 303 g/mol. The highest BCUT2D eigenvalue weighted by Gasteiger charge is 2.25. The van der Waals surface area contributed by atoms with Crippen molar-refractivity contribution in [1.29, 1.82) is 0 Å². The van der Waals surface area contributed by atoms with Crippen molar-refractivity contribution in [3.05, 3.63) is 29.8 Å². The summed E-state index contributed by atoms with van der Waals surface area (Å²) in [5.74, 6) is 0.812. The summed E-state index contributed by atoms with van der Waals surface area (Å²) in [6.07, 6.45) is 7.74. The van der Waals surface area contributed by atoms with Gasteiger partial charge in [0.15, 0.2) is 11.4 Å². The molecule has 1 aromatic rings. The number of hydrogen-bond acceptors (Lipinski definition) is 3. The number of carbonyl (C=O) groups is 1. The number of ketones is 1. The highest BCUT2D eigenvalue weighted by molar-refractivity contribution is 5.84. The number of rotatable bonds is 7. The van der Waals surface area contributed by atoms with Gasteiger partial charge in [-0.05, 0) is 64.3 Å². The van der Waals surface area contributed by atoms with Crippen LogP contribution in [0, 0.1) is 0 Å². The van der Waals surface area contributed by atoms with Gasteiger partial charge in [0.25, 0.3) is 0 Å². The summed E-state index contributed by atoms with van der Waals surface area (Å²) in [6, 6.07) is 8.79. The Labute approximate surface area is 134 Å². The van der Waals surface area contributed by atoms with E-state index < -0.39 is 5.60 Å². The fourth-order valence-electron chi connectivity index (χ4n) is 2.86. The van der Waals surface area contributed by atoms with Crippen LogP contribution in [0.5, 0.6) is 5.75 Å². The Morgan fingerprint density at radius 1 is 1.27 bits per heavy atom. The Morgan fingerprint density at radius 3 is 2.68 bits per heavy atom. The fraction of sp³-hybridized carbons (Fsp3) is 0.632. The van der Waals surface area contributed by atoms with Crippen LogP contribution in [-0.4, -0.2) is 24.0 Å². The Morgan fingerprint density at radius 2 is 2.00 bits per heavy atom. The van der Waals surface area contributed by atoms with Crippen molar-refractivity contribution in [1.82, 2.24) is 5.32 Å². The topological polar surface area (TPSA) is 38.3 Å². The molecule has 22 heavy (non-hydrogen) atoms. The highest BCUT2D eigenvalue weighted by atomic mass is 16.5. The van der Waals surface area contributed by atoms with Gasteiger partial charge in [0, 0.05) is 6.04 Å². The first-order valence-corrected chi connectivity index (χ1v) is 8.50. The lowest BCUT2D eigenvalue weighted by molar-refractivity contribution is -0.129. The minimum Gasteiger partial charge on any atom is -0.480 e. The van der Waals surface area contributed by atoms with Crippen molar-refractivity contribution < 1.29 is 9.53 Å². The third-order valence-electron chi connectivity index (χ3n) is 4.57. The maximum atomic E-state index is 11.6. The number of ether oxygens (including phenoxy) is 1. The Kier molecular flexibility index (Phi) is 6.01. The molecule has 0 amide bonds. The lowest BCUT2D eigenvalue weighted by Gasteiger charge is -2.24. The Balaban J connectivity index is 1.84. The van der Waals surface area contributed by atoms with Gasteiger partial charge in [0.2, 0.25) is 0 Å². The fourth-order valence-corrected chi connectivity index (χ4v) is 2.86. The van der Waals surface area contributed by atoms with Crippen LogP contribution in [-0.2, 0) is 11.2 Å². The molecule has 0 bridgehead atoms. The zero-order valence-electron chi connectivity index (χ0n) is 14.2. The van der Waals surface area contributed by atoms with Crippen LogP contribution in [0.2, 0.25) is 0 Å². The van der Waals surface area contributed by atoms with Crippen molar-refractivity contribution in [2.45, 2.75) is 70.9 Å². The number of nitrogens with one attached hydrogen (secondary N) is 1. The molecule has 0 heterocycles. The first kappa shape index (κ1) is 17.0. The predicted molar refractivity (Wildman–Crippen MR) is 90.4 cm³/mol. The van der Waals surface area contributed by atoms with Crippen LogP contribution in [0.3, 0.4) is 0 Å².